The van der Waals surface area contributed by atoms with Crippen molar-refractivity contribution in [2.75, 3.05) is 0 Å². The molecule has 0 aliphatic heterocycles. The molecule has 1 aromatic carbocycles. The van der Waals surface area contributed by atoms with Crippen LogP contribution in [0.2, 0.25) is 10.0 Å². The summed E-state index contributed by atoms with van der Waals surface area (Å²) in [6, 6.07) is 9.30. The quantitative estimate of drug-likeness (QED) is 0.675. The summed E-state index contributed by atoms with van der Waals surface area (Å²) in [5.41, 5.74) is 3.16. The van der Waals surface area contributed by atoms with Gasteiger partial charge in [-0.25, -0.2) is 4.98 Å². The molecule has 0 spiro atoms. The number of aryl methyl sites for hydroxylation is 1. The highest BCUT2D eigenvalue weighted by Gasteiger charge is 2.14. The molecule has 0 saturated carbocycles. The van der Waals surface area contributed by atoms with E-state index in [4.69, 9.17) is 23.2 Å². The normalized spacial score (nSPS) is 11.0. The maximum Gasteiger partial charge on any atom is 0.151 e. The molecule has 0 atom stereocenters. The zero-order chi connectivity index (χ0) is 15.0. The number of rotatable bonds is 3. The first-order valence-electron chi connectivity index (χ1n) is 6.43. The summed E-state index contributed by atoms with van der Waals surface area (Å²) in [6.07, 6.45) is 3.05. The predicted molar refractivity (Wildman–Crippen MR) is 85.4 cm³/mol. The SMILES string of the molecule is Cn1c(Cc2c(Cl)ccc(C=O)c2Cl)cc2cccnc21. The summed E-state index contributed by atoms with van der Waals surface area (Å²) in [5, 5.41) is 2.04. The maximum absolute atomic E-state index is 11.0. The van der Waals surface area contributed by atoms with Gasteiger partial charge in [-0.3, -0.25) is 4.79 Å². The molecule has 0 saturated heterocycles. The van der Waals surface area contributed by atoms with Gasteiger partial charge in [0.1, 0.15) is 5.65 Å². The van der Waals surface area contributed by atoms with Crippen LogP contribution in [0, 0.1) is 0 Å². The van der Waals surface area contributed by atoms with Crippen LogP contribution in [-0.2, 0) is 13.5 Å². The molecule has 106 valence electrons. The van der Waals surface area contributed by atoms with Crippen LogP contribution < -0.4 is 0 Å². The molecule has 3 nitrogen and oxygen atoms in total. The number of carbonyl (C=O) groups is 1. The second-order valence-electron chi connectivity index (χ2n) is 4.83. The van der Waals surface area contributed by atoms with E-state index >= 15 is 0 Å². The molecule has 0 fully saturated rings. The average molecular weight is 319 g/mol. The number of hydrogen-bond donors (Lipinski definition) is 0. The lowest BCUT2D eigenvalue weighted by Crippen LogP contribution is -2.00. The minimum Gasteiger partial charge on any atom is -0.332 e. The van der Waals surface area contributed by atoms with Crippen molar-refractivity contribution in [2.24, 2.45) is 7.05 Å². The van der Waals surface area contributed by atoms with E-state index in [9.17, 15) is 4.79 Å². The standard InChI is InChI=1S/C16H12Cl2N2O/c1-20-12(7-10-3-2-6-19-16(10)20)8-13-14(17)5-4-11(9-21)15(13)18/h2-7,9H,8H2,1H3. The highest BCUT2D eigenvalue weighted by Crippen LogP contribution is 2.30. The summed E-state index contributed by atoms with van der Waals surface area (Å²) in [4.78, 5) is 15.4. The molecule has 0 radical (unpaired) electrons. The Hall–Kier alpha value is -1.84. The van der Waals surface area contributed by atoms with Gasteiger partial charge in [0, 0.05) is 41.3 Å². The Labute approximate surface area is 132 Å². The number of halogens is 2. The number of nitrogens with zero attached hydrogens (tertiary/aromatic N) is 2. The fraction of sp³-hybridized carbons (Fsp3) is 0.125. The largest absolute Gasteiger partial charge is 0.332 e. The van der Waals surface area contributed by atoms with Crippen LogP contribution in [0.1, 0.15) is 21.6 Å². The molecule has 0 N–H and O–H groups in total. The molecule has 2 aromatic heterocycles. The third-order valence-corrected chi connectivity index (χ3v) is 4.39. The lowest BCUT2D eigenvalue weighted by molar-refractivity contribution is 0.112. The molecule has 5 heteroatoms. The van der Waals surface area contributed by atoms with E-state index in [1.807, 2.05) is 23.7 Å². The van der Waals surface area contributed by atoms with Crippen molar-refractivity contribution in [3.05, 3.63) is 63.4 Å². The van der Waals surface area contributed by atoms with E-state index < -0.39 is 0 Å². The molecule has 0 aliphatic rings. The van der Waals surface area contributed by atoms with Gasteiger partial charge in [0.25, 0.3) is 0 Å². The van der Waals surface area contributed by atoms with Gasteiger partial charge in [0.15, 0.2) is 6.29 Å². The van der Waals surface area contributed by atoms with Crippen molar-refractivity contribution < 1.29 is 4.79 Å². The monoisotopic (exact) mass is 318 g/mol. The van der Waals surface area contributed by atoms with Crippen LogP contribution >= 0.6 is 23.2 Å². The van der Waals surface area contributed by atoms with Crippen molar-refractivity contribution in [3.8, 4) is 0 Å². The van der Waals surface area contributed by atoms with Crippen LogP contribution in [0.3, 0.4) is 0 Å². The van der Waals surface area contributed by atoms with Crippen molar-refractivity contribution in [1.82, 2.24) is 9.55 Å². The molecular formula is C16H12Cl2N2O. The second-order valence-corrected chi connectivity index (χ2v) is 5.62. The number of aldehydes is 1. The Balaban J connectivity index is 2.11. The van der Waals surface area contributed by atoms with Crippen molar-refractivity contribution in [1.29, 1.82) is 0 Å². The molecule has 0 unspecified atom stereocenters. The fourth-order valence-corrected chi connectivity index (χ4v) is 2.98. The Morgan fingerprint density at radius 1 is 1.29 bits per heavy atom. The fourth-order valence-electron chi connectivity index (χ4n) is 2.43. The summed E-state index contributed by atoms with van der Waals surface area (Å²) >= 11 is 12.5. The summed E-state index contributed by atoms with van der Waals surface area (Å²) < 4.78 is 2.01. The molecule has 3 aromatic rings. The molecule has 3 rings (SSSR count). The van der Waals surface area contributed by atoms with Gasteiger partial charge in [0.2, 0.25) is 0 Å². The average Bonchev–Trinajstić information content (AvgIpc) is 2.80. The molecule has 2 heterocycles. The first kappa shape index (κ1) is 14.1. The highest BCUT2D eigenvalue weighted by molar-refractivity contribution is 6.37. The lowest BCUT2D eigenvalue weighted by Gasteiger charge is -2.09. The molecule has 0 bridgehead atoms. The van der Waals surface area contributed by atoms with E-state index in [1.165, 1.54) is 0 Å². The topological polar surface area (TPSA) is 34.9 Å². The molecule has 0 amide bonds. The van der Waals surface area contributed by atoms with Crippen LogP contribution in [0.25, 0.3) is 11.0 Å². The first-order valence-corrected chi connectivity index (χ1v) is 7.18. The number of hydrogen-bond acceptors (Lipinski definition) is 2. The maximum atomic E-state index is 11.0. The van der Waals surface area contributed by atoms with E-state index in [2.05, 4.69) is 11.1 Å². The number of carbonyl (C=O) groups excluding carboxylic acids is 1. The van der Waals surface area contributed by atoms with E-state index in [0.29, 0.717) is 22.0 Å². The Bertz CT molecular complexity index is 840. The lowest BCUT2D eigenvalue weighted by atomic mass is 10.1. The Kier molecular flexibility index (Phi) is 3.70. The van der Waals surface area contributed by atoms with Gasteiger partial charge in [-0.1, -0.05) is 23.2 Å². The Morgan fingerprint density at radius 2 is 2.10 bits per heavy atom. The minimum absolute atomic E-state index is 0.413. The van der Waals surface area contributed by atoms with Gasteiger partial charge < -0.3 is 4.57 Å². The third-order valence-electron chi connectivity index (χ3n) is 3.59. The summed E-state index contributed by atoms with van der Waals surface area (Å²) in [7, 11) is 1.95. The molecule has 0 aliphatic carbocycles. The van der Waals surface area contributed by atoms with Crippen molar-refractivity contribution >= 4 is 40.5 Å². The van der Waals surface area contributed by atoms with E-state index in [0.717, 1.165) is 28.6 Å². The van der Waals surface area contributed by atoms with Crippen molar-refractivity contribution in [2.45, 2.75) is 6.42 Å². The van der Waals surface area contributed by atoms with E-state index in [1.54, 1.807) is 18.3 Å². The third kappa shape index (κ3) is 2.43. The molecular weight excluding hydrogens is 307 g/mol. The van der Waals surface area contributed by atoms with E-state index in [-0.39, 0.29) is 0 Å². The predicted octanol–water partition coefficient (Wildman–Crippen LogP) is 4.28. The van der Waals surface area contributed by atoms with Crippen molar-refractivity contribution in [3.63, 3.8) is 0 Å². The van der Waals surface area contributed by atoms with Crippen LogP contribution in [0.5, 0.6) is 0 Å². The van der Waals surface area contributed by atoms with Gasteiger partial charge >= 0.3 is 0 Å². The summed E-state index contributed by atoms with van der Waals surface area (Å²) in [6.45, 7) is 0. The van der Waals surface area contributed by atoms with Gasteiger partial charge in [0.05, 0.1) is 5.02 Å². The number of fused-ring (bicyclic) bond motifs is 1. The smallest absolute Gasteiger partial charge is 0.151 e. The van der Waals surface area contributed by atoms with Gasteiger partial charge in [-0.05, 0) is 35.9 Å². The number of benzene rings is 1. The highest BCUT2D eigenvalue weighted by atomic mass is 35.5. The van der Waals surface area contributed by atoms with Crippen LogP contribution in [0.4, 0.5) is 0 Å². The van der Waals surface area contributed by atoms with Gasteiger partial charge in [-0.15, -0.1) is 0 Å². The molecule has 21 heavy (non-hydrogen) atoms. The minimum atomic E-state index is 0.413. The van der Waals surface area contributed by atoms with Crippen LogP contribution in [0.15, 0.2) is 36.5 Å². The zero-order valence-corrected chi connectivity index (χ0v) is 12.8. The first-order chi connectivity index (χ1) is 10.1. The number of pyridine rings is 1. The number of aromatic nitrogens is 2. The van der Waals surface area contributed by atoms with Gasteiger partial charge in [-0.2, -0.15) is 0 Å². The van der Waals surface area contributed by atoms with Crippen LogP contribution in [-0.4, -0.2) is 15.8 Å². The zero-order valence-electron chi connectivity index (χ0n) is 11.3. The second kappa shape index (κ2) is 5.51. The summed E-state index contributed by atoms with van der Waals surface area (Å²) in [5.74, 6) is 0. The Morgan fingerprint density at radius 3 is 2.81 bits per heavy atom.